The van der Waals surface area contributed by atoms with E-state index >= 15 is 0 Å². The van der Waals surface area contributed by atoms with Gasteiger partial charge in [0.05, 0.1) is 12.7 Å². The topological polar surface area (TPSA) is 80.7 Å². The third-order valence-corrected chi connectivity index (χ3v) is 2.43. The summed E-state index contributed by atoms with van der Waals surface area (Å²) in [6, 6.07) is 16.8. The van der Waals surface area contributed by atoms with E-state index < -0.39 is 11.8 Å². The minimum Gasteiger partial charge on any atom is -0.475 e. The van der Waals surface area contributed by atoms with Crippen LogP contribution in [0.1, 0.15) is 20.7 Å². The molecule has 0 unspecified atom stereocenters. The predicted octanol–water partition coefficient (Wildman–Crippen LogP) is 2.43. The van der Waals surface area contributed by atoms with Gasteiger partial charge in [0.2, 0.25) is 0 Å². The summed E-state index contributed by atoms with van der Waals surface area (Å²) >= 11 is 0. The second kappa shape index (κ2) is 8.27. The van der Waals surface area contributed by atoms with Crippen molar-refractivity contribution in [3.05, 3.63) is 71.8 Å². The summed E-state index contributed by atoms with van der Waals surface area (Å²) in [5.74, 6) is -2.58. The summed E-state index contributed by atoms with van der Waals surface area (Å²) < 4.78 is 4.50. The number of hydrogen-bond acceptors (Lipinski definition) is 4. The highest BCUT2D eigenvalue weighted by Crippen LogP contribution is 1.99. The summed E-state index contributed by atoms with van der Waals surface area (Å²) in [6.45, 7) is 0. The van der Waals surface area contributed by atoms with Gasteiger partial charge >= 0.3 is 11.9 Å². The second-order valence-corrected chi connectivity index (χ2v) is 3.86. The van der Waals surface area contributed by atoms with Gasteiger partial charge in [0.25, 0.3) is 5.78 Å². The zero-order valence-electron chi connectivity index (χ0n) is 11.4. The number of rotatable bonds is 3. The first-order chi connectivity index (χ1) is 10.1. The molecule has 5 nitrogen and oxygen atoms in total. The van der Waals surface area contributed by atoms with Crippen LogP contribution in [0.5, 0.6) is 0 Å². The smallest absolute Gasteiger partial charge is 0.377 e. The van der Waals surface area contributed by atoms with Crippen molar-refractivity contribution in [3.63, 3.8) is 0 Å². The SMILES string of the molecule is COC(=O)c1ccccc1.O=C(O)C(=O)c1ccccc1. The number of benzene rings is 2. The molecule has 2 aromatic rings. The van der Waals surface area contributed by atoms with Crippen LogP contribution >= 0.6 is 0 Å². The van der Waals surface area contributed by atoms with Crippen molar-refractivity contribution in [1.82, 2.24) is 0 Å². The monoisotopic (exact) mass is 286 g/mol. The Labute approximate surface area is 121 Å². The quantitative estimate of drug-likeness (QED) is 0.532. The zero-order valence-corrected chi connectivity index (χ0v) is 11.4. The Hall–Kier alpha value is -2.95. The van der Waals surface area contributed by atoms with Gasteiger partial charge in [-0.2, -0.15) is 0 Å². The fraction of sp³-hybridized carbons (Fsp3) is 0.0625. The van der Waals surface area contributed by atoms with Crippen LogP contribution in [0.2, 0.25) is 0 Å². The lowest BCUT2D eigenvalue weighted by Gasteiger charge is -1.95. The molecule has 0 amide bonds. The lowest BCUT2D eigenvalue weighted by atomic mass is 10.1. The summed E-state index contributed by atoms with van der Waals surface area (Å²) in [4.78, 5) is 31.7. The van der Waals surface area contributed by atoms with Crippen molar-refractivity contribution in [1.29, 1.82) is 0 Å². The average molecular weight is 286 g/mol. The molecule has 5 heteroatoms. The van der Waals surface area contributed by atoms with Gasteiger partial charge in [-0.3, -0.25) is 4.79 Å². The molecule has 0 saturated heterocycles. The molecule has 0 spiro atoms. The Morgan fingerprint density at radius 3 is 1.62 bits per heavy atom. The number of ketones is 1. The molecule has 0 aromatic heterocycles. The number of methoxy groups -OCH3 is 1. The molecular weight excluding hydrogens is 272 g/mol. The van der Waals surface area contributed by atoms with Gasteiger partial charge in [-0.15, -0.1) is 0 Å². The summed E-state index contributed by atoms with van der Waals surface area (Å²) in [7, 11) is 1.37. The van der Waals surface area contributed by atoms with Gasteiger partial charge in [0.15, 0.2) is 0 Å². The third kappa shape index (κ3) is 5.28. The van der Waals surface area contributed by atoms with E-state index in [0.717, 1.165) is 0 Å². The molecule has 2 aromatic carbocycles. The van der Waals surface area contributed by atoms with Crippen LogP contribution in [0.3, 0.4) is 0 Å². The molecule has 1 N–H and O–H groups in total. The predicted molar refractivity (Wildman–Crippen MR) is 76.2 cm³/mol. The number of esters is 1. The molecule has 0 fully saturated rings. The molecule has 0 aliphatic carbocycles. The number of carboxylic acids is 1. The molecular formula is C16H14O5. The summed E-state index contributed by atoms with van der Waals surface area (Å²) in [6.07, 6.45) is 0. The molecule has 0 heterocycles. The van der Waals surface area contributed by atoms with Crippen molar-refractivity contribution < 1.29 is 24.2 Å². The third-order valence-electron chi connectivity index (χ3n) is 2.43. The minimum atomic E-state index is -1.42. The number of carboxylic acid groups (broad SMARTS) is 1. The Morgan fingerprint density at radius 2 is 1.24 bits per heavy atom. The highest BCUT2D eigenvalue weighted by Gasteiger charge is 2.12. The molecule has 21 heavy (non-hydrogen) atoms. The number of carbonyl (C=O) groups is 3. The molecule has 108 valence electrons. The van der Waals surface area contributed by atoms with E-state index in [1.54, 1.807) is 42.5 Å². The van der Waals surface area contributed by atoms with Crippen molar-refractivity contribution in [2.45, 2.75) is 0 Å². The standard InChI is InChI=1S/C8H6O3.C8H8O2/c9-7(8(10)11)6-4-2-1-3-5-6;1-10-8(9)7-5-3-2-4-6-7/h1-5H,(H,10,11);2-6H,1H3. The fourth-order valence-electron chi connectivity index (χ4n) is 1.41. The molecule has 0 aliphatic heterocycles. The fourth-order valence-corrected chi connectivity index (χ4v) is 1.41. The van der Waals surface area contributed by atoms with Gasteiger partial charge in [0, 0.05) is 5.56 Å². The molecule has 0 radical (unpaired) electrons. The van der Waals surface area contributed by atoms with E-state index in [1.165, 1.54) is 19.2 Å². The first-order valence-electron chi connectivity index (χ1n) is 6.02. The highest BCUT2D eigenvalue weighted by molar-refractivity contribution is 6.39. The Bertz CT molecular complexity index is 605. The average Bonchev–Trinajstić information content (AvgIpc) is 2.55. The van der Waals surface area contributed by atoms with E-state index in [-0.39, 0.29) is 11.5 Å². The van der Waals surface area contributed by atoms with E-state index in [0.29, 0.717) is 5.56 Å². The lowest BCUT2D eigenvalue weighted by molar-refractivity contribution is -0.131. The van der Waals surface area contributed by atoms with Crippen LogP contribution in [-0.4, -0.2) is 29.9 Å². The number of ether oxygens (including phenoxy) is 1. The van der Waals surface area contributed by atoms with Crippen LogP contribution < -0.4 is 0 Å². The maximum atomic E-state index is 10.8. The van der Waals surface area contributed by atoms with Gasteiger partial charge < -0.3 is 9.84 Å². The van der Waals surface area contributed by atoms with Gasteiger partial charge in [-0.05, 0) is 12.1 Å². The molecule has 2 rings (SSSR count). The summed E-state index contributed by atoms with van der Waals surface area (Å²) in [5.41, 5.74) is 0.796. The van der Waals surface area contributed by atoms with E-state index in [4.69, 9.17) is 5.11 Å². The summed E-state index contributed by atoms with van der Waals surface area (Å²) in [5, 5.41) is 8.29. The van der Waals surface area contributed by atoms with Gasteiger partial charge in [0.1, 0.15) is 0 Å². The normalized spacial score (nSPS) is 9.00. The second-order valence-electron chi connectivity index (χ2n) is 3.86. The first kappa shape index (κ1) is 16.1. The minimum absolute atomic E-state index is 0.208. The molecule has 0 aliphatic rings. The van der Waals surface area contributed by atoms with Crippen LogP contribution in [0.4, 0.5) is 0 Å². The maximum Gasteiger partial charge on any atom is 0.377 e. The first-order valence-corrected chi connectivity index (χ1v) is 6.02. The lowest BCUT2D eigenvalue weighted by Crippen LogP contribution is -2.12. The Balaban J connectivity index is 0.000000211. The Kier molecular flexibility index (Phi) is 6.34. The number of hydrogen-bond donors (Lipinski definition) is 1. The van der Waals surface area contributed by atoms with Crippen LogP contribution in [0.25, 0.3) is 0 Å². The molecule has 0 atom stereocenters. The maximum absolute atomic E-state index is 10.8. The number of aliphatic carboxylic acids is 1. The van der Waals surface area contributed by atoms with Crippen molar-refractivity contribution in [3.8, 4) is 0 Å². The van der Waals surface area contributed by atoms with Crippen molar-refractivity contribution >= 4 is 17.7 Å². The van der Waals surface area contributed by atoms with Crippen molar-refractivity contribution in [2.24, 2.45) is 0 Å². The number of carbonyl (C=O) groups excluding carboxylic acids is 2. The van der Waals surface area contributed by atoms with E-state index in [9.17, 15) is 14.4 Å². The highest BCUT2D eigenvalue weighted by atomic mass is 16.5. The van der Waals surface area contributed by atoms with E-state index in [2.05, 4.69) is 4.74 Å². The van der Waals surface area contributed by atoms with Crippen LogP contribution in [0.15, 0.2) is 60.7 Å². The largest absolute Gasteiger partial charge is 0.475 e. The molecule has 0 bridgehead atoms. The molecule has 0 saturated carbocycles. The van der Waals surface area contributed by atoms with Gasteiger partial charge in [-0.25, -0.2) is 9.59 Å². The Morgan fingerprint density at radius 1 is 0.810 bits per heavy atom. The van der Waals surface area contributed by atoms with Gasteiger partial charge in [-0.1, -0.05) is 48.5 Å². The van der Waals surface area contributed by atoms with Crippen LogP contribution in [-0.2, 0) is 9.53 Å². The van der Waals surface area contributed by atoms with Crippen molar-refractivity contribution in [2.75, 3.05) is 7.11 Å². The van der Waals surface area contributed by atoms with Crippen LogP contribution in [0, 0.1) is 0 Å². The van der Waals surface area contributed by atoms with E-state index in [1.807, 2.05) is 6.07 Å². The zero-order chi connectivity index (χ0) is 15.7. The number of Topliss-reactive ketones (excluding diaryl/α,β-unsaturated/α-hetero) is 1.